The zero-order valence-electron chi connectivity index (χ0n) is 20.5. The highest BCUT2D eigenvalue weighted by molar-refractivity contribution is 5.90. The van der Waals surface area contributed by atoms with E-state index in [0.717, 1.165) is 61.3 Å². The van der Waals surface area contributed by atoms with Gasteiger partial charge in [0, 0.05) is 49.0 Å². The van der Waals surface area contributed by atoms with Crippen LogP contribution in [0, 0.1) is 12.8 Å². The van der Waals surface area contributed by atoms with Crippen molar-refractivity contribution in [1.29, 1.82) is 0 Å². The molecule has 1 unspecified atom stereocenters. The fraction of sp³-hybridized carbons (Fsp3) is 0.429. The van der Waals surface area contributed by atoms with Crippen molar-refractivity contribution in [3.05, 3.63) is 59.8 Å². The van der Waals surface area contributed by atoms with Crippen LogP contribution in [0.5, 0.6) is 5.75 Å². The maximum Gasteiger partial charge on any atom is 0.321 e. The smallest absolute Gasteiger partial charge is 0.321 e. The zero-order chi connectivity index (χ0) is 24.4. The summed E-state index contributed by atoms with van der Waals surface area (Å²) < 4.78 is 5.41. The van der Waals surface area contributed by atoms with Gasteiger partial charge in [0.15, 0.2) is 0 Å². The fourth-order valence-corrected chi connectivity index (χ4v) is 5.54. The van der Waals surface area contributed by atoms with Crippen molar-refractivity contribution < 1.29 is 14.3 Å². The Bertz CT molecular complexity index is 1210. The summed E-state index contributed by atoms with van der Waals surface area (Å²) in [7, 11) is 1.69. The number of H-pyrrole nitrogens is 1. The maximum absolute atomic E-state index is 13.4. The highest BCUT2D eigenvalue weighted by Crippen LogP contribution is 2.35. The average molecular weight is 475 g/mol. The van der Waals surface area contributed by atoms with Gasteiger partial charge < -0.3 is 24.8 Å². The molecule has 7 heteroatoms. The molecule has 2 fully saturated rings. The number of amides is 3. The number of urea groups is 1. The second-order valence-corrected chi connectivity index (χ2v) is 9.84. The largest absolute Gasteiger partial charge is 0.497 e. The van der Waals surface area contributed by atoms with Crippen LogP contribution in [0.4, 0.5) is 10.5 Å². The molecule has 3 heterocycles. The summed E-state index contributed by atoms with van der Waals surface area (Å²) in [4.78, 5) is 33.4. The second-order valence-electron chi connectivity index (χ2n) is 9.84. The van der Waals surface area contributed by atoms with Crippen LogP contribution in [-0.4, -0.2) is 60.0 Å². The van der Waals surface area contributed by atoms with Crippen LogP contribution >= 0.6 is 0 Å². The van der Waals surface area contributed by atoms with E-state index in [4.69, 9.17) is 4.74 Å². The van der Waals surface area contributed by atoms with E-state index in [-0.39, 0.29) is 17.9 Å². The molecule has 0 spiro atoms. The van der Waals surface area contributed by atoms with Crippen LogP contribution in [0.2, 0.25) is 0 Å². The molecule has 3 amide bonds. The first-order valence-electron chi connectivity index (χ1n) is 12.6. The molecule has 0 saturated carbocycles. The Kier molecular flexibility index (Phi) is 6.66. The van der Waals surface area contributed by atoms with E-state index in [1.54, 1.807) is 12.0 Å². The standard InChI is InChI=1S/C28H34N4O3/c1-19-5-3-7-22(15-19)30-28(34)32-12-4-6-21(18-32)27(33)31-13-10-20(11-14-31)25-17-29-26-9-8-23(35-2)16-24(25)26/h3,5,7-9,15-17,20-21,29H,4,6,10-14,18H2,1-2H3,(H,30,34). The lowest BCUT2D eigenvalue weighted by atomic mass is 9.88. The number of aromatic nitrogens is 1. The molecule has 5 rings (SSSR count). The third-order valence-electron chi connectivity index (χ3n) is 7.49. The third-order valence-corrected chi connectivity index (χ3v) is 7.49. The van der Waals surface area contributed by atoms with Gasteiger partial charge in [-0.15, -0.1) is 0 Å². The number of aromatic amines is 1. The molecule has 184 valence electrons. The lowest BCUT2D eigenvalue weighted by Crippen LogP contribution is -2.49. The molecule has 3 aromatic rings. The number of rotatable bonds is 4. The molecule has 2 aliphatic heterocycles. The number of nitrogens with zero attached hydrogens (tertiary/aromatic N) is 2. The number of carbonyl (C=O) groups excluding carboxylic acids is 2. The Labute approximate surface area is 206 Å². The van der Waals surface area contributed by atoms with Gasteiger partial charge >= 0.3 is 6.03 Å². The van der Waals surface area contributed by atoms with Crippen molar-refractivity contribution in [2.75, 3.05) is 38.6 Å². The summed E-state index contributed by atoms with van der Waals surface area (Å²) in [6.45, 7) is 4.69. The minimum absolute atomic E-state index is 0.124. The number of carbonyl (C=O) groups is 2. The van der Waals surface area contributed by atoms with Gasteiger partial charge in [-0.05, 0) is 80.0 Å². The minimum Gasteiger partial charge on any atom is -0.497 e. The molecule has 35 heavy (non-hydrogen) atoms. The second kappa shape index (κ2) is 10.0. The zero-order valence-corrected chi connectivity index (χ0v) is 20.5. The van der Waals surface area contributed by atoms with Crippen LogP contribution in [0.25, 0.3) is 10.9 Å². The van der Waals surface area contributed by atoms with Crippen molar-refractivity contribution in [2.24, 2.45) is 5.92 Å². The van der Waals surface area contributed by atoms with Crippen molar-refractivity contribution in [2.45, 2.75) is 38.5 Å². The van der Waals surface area contributed by atoms with Crippen LogP contribution in [0.3, 0.4) is 0 Å². The fourth-order valence-electron chi connectivity index (χ4n) is 5.54. The number of methoxy groups -OCH3 is 1. The van der Waals surface area contributed by atoms with Crippen molar-refractivity contribution >= 4 is 28.5 Å². The molecule has 7 nitrogen and oxygen atoms in total. The number of hydrogen-bond acceptors (Lipinski definition) is 3. The topological polar surface area (TPSA) is 77.7 Å². The number of ether oxygens (including phenoxy) is 1. The molecule has 1 aromatic heterocycles. The number of aryl methyl sites for hydroxylation is 1. The van der Waals surface area contributed by atoms with E-state index in [2.05, 4.69) is 28.6 Å². The molecular formula is C28H34N4O3. The van der Waals surface area contributed by atoms with Crippen LogP contribution < -0.4 is 10.1 Å². The summed E-state index contributed by atoms with van der Waals surface area (Å²) in [6, 6.07) is 13.8. The Morgan fingerprint density at radius 1 is 1.03 bits per heavy atom. The van der Waals surface area contributed by atoms with Crippen molar-refractivity contribution in [3.63, 3.8) is 0 Å². The minimum atomic E-state index is -0.124. The van der Waals surface area contributed by atoms with Gasteiger partial charge in [0.1, 0.15) is 5.75 Å². The van der Waals surface area contributed by atoms with Crippen LogP contribution in [0.1, 0.15) is 42.7 Å². The first kappa shape index (κ1) is 23.3. The first-order valence-corrected chi connectivity index (χ1v) is 12.6. The van der Waals surface area contributed by atoms with E-state index < -0.39 is 0 Å². The highest BCUT2D eigenvalue weighted by atomic mass is 16.5. The Hall–Kier alpha value is -3.48. The monoisotopic (exact) mass is 474 g/mol. The molecule has 0 bridgehead atoms. The molecule has 2 aliphatic rings. The third kappa shape index (κ3) is 4.99. The van der Waals surface area contributed by atoms with Gasteiger partial charge in [0.25, 0.3) is 0 Å². The Balaban J connectivity index is 1.18. The van der Waals surface area contributed by atoms with Gasteiger partial charge in [0.05, 0.1) is 13.0 Å². The van der Waals surface area contributed by atoms with Gasteiger partial charge in [-0.3, -0.25) is 4.79 Å². The van der Waals surface area contributed by atoms with Gasteiger partial charge in [-0.2, -0.15) is 0 Å². The predicted molar refractivity (Wildman–Crippen MR) is 138 cm³/mol. The van der Waals surface area contributed by atoms with E-state index in [0.29, 0.717) is 19.0 Å². The molecular weight excluding hydrogens is 440 g/mol. The van der Waals surface area contributed by atoms with Gasteiger partial charge in [-0.1, -0.05) is 12.1 Å². The van der Waals surface area contributed by atoms with E-state index in [9.17, 15) is 9.59 Å². The van der Waals surface area contributed by atoms with E-state index in [1.807, 2.05) is 42.2 Å². The van der Waals surface area contributed by atoms with E-state index in [1.165, 1.54) is 10.9 Å². The number of fused-ring (bicyclic) bond motifs is 1. The Morgan fingerprint density at radius 2 is 1.86 bits per heavy atom. The number of hydrogen-bond donors (Lipinski definition) is 2. The van der Waals surface area contributed by atoms with Crippen LogP contribution in [-0.2, 0) is 4.79 Å². The summed E-state index contributed by atoms with van der Waals surface area (Å²) in [5.41, 5.74) is 4.32. The number of anilines is 1. The lowest BCUT2D eigenvalue weighted by molar-refractivity contribution is -0.138. The quantitative estimate of drug-likeness (QED) is 0.550. The SMILES string of the molecule is COc1ccc2[nH]cc(C3CCN(C(=O)C4CCCN(C(=O)Nc5cccc(C)c5)C4)CC3)c2c1. The molecule has 2 N–H and O–H groups in total. The molecule has 2 saturated heterocycles. The van der Waals surface area contributed by atoms with Crippen LogP contribution in [0.15, 0.2) is 48.7 Å². The molecule has 1 atom stereocenters. The Morgan fingerprint density at radius 3 is 2.63 bits per heavy atom. The molecule has 0 aliphatic carbocycles. The number of benzene rings is 2. The lowest BCUT2D eigenvalue weighted by Gasteiger charge is -2.38. The summed E-state index contributed by atoms with van der Waals surface area (Å²) in [5, 5.41) is 4.19. The summed E-state index contributed by atoms with van der Waals surface area (Å²) >= 11 is 0. The first-order chi connectivity index (χ1) is 17.0. The van der Waals surface area contributed by atoms with Crippen molar-refractivity contribution in [3.8, 4) is 5.75 Å². The number of piperidine rings is 2. The van der Waals surface area contributed by atoms with Gasteiger partial charge in [-0.25, -0.2) is 4.79 Å². The van der Waals surface area contributed by atoms with Gasteiger partial charge in [0.2, 0.25) is 5.91 Å². The molecule has 0 radical (unpaired) electrons. The van der Waals surface area contributed by atoms with Crippen molar-refractivity contribution in [1.82, 2.24) is 14.8 Å². The average Bonchev–Trinajstić information content (AvgIpc) is 3.31. The van der Waals surface area contributed by atoms with E-state index >= 15 is 0 Å². The summed E-state index contributed by atoms with van der Waals surface area (Å²) in [6.07, 6.45) is 5.69. The number of likely N-dealkylation sites (tertiary alicyclic amines) is 2. The predicted octanol–water partition coefficient (Wildman–Crippen LogP) is 5.14. The summed E-state index contributed by atoms with van der Waals surface area (Å²) in [5.74, 6) is 1.35. The number of nitrogens with one attached hydrogen (secondary N) is 2. The normalized spacial score (nSPS) is 19.1. The maximum atomic E-state index is 13.4. The highest BCUT2D eigenvalue weighted by Gasteiger charge is 2.33. The molecule has 2 aromatic carbocycles.